The van der Waals surface area contributed by atoms with E-state index in [1.165, 1.54) is 5.56 Å². The number of hydrogen-bond donors (Lipinski definition) is 1. The molecule has 0 aliphatic carbocycles. The minimum Gasteiger partial charge on any atom is -0.460 e. The third-order valence-electron chi connectivity index (χ3n) is 8.40. The molecule has 1 fully saturated rings. The van der Waals surface area contributed by atoms with Gasteiger partial charge in [0.25, 0.3) is 5.91 Å². The first kappa shape index (κ1) is 33.0. The molecule has 5 nitrogen and oxygen atoms in total. The van der Waals surface area contributed by atoms with E-state index < -0.39 is 5.60 Å². The van der Waals surface area contributed by atoms with Gasteiger partial charge in [-0.2, -0.15) is 0 Å². The number of likely N-dealkylation sites (tertiary alicyclic amines) is 1. The molecule has 1 atom stereocenters. The summed E-state index contributed by atoms with van der Waals surface area (Å²) in [5.74, 6) is -0.252. The predicted molar refractivity (Wildman–Crippen MR) is 177 cm³/mol. The summed E-state index contributed by atoms with van der Waals surface area (Å²) >= 11 is 12.4. The molecule has 1 aliphatic heterocycles. The highest BCUT2D eigenvalue weighted by Gasteiger charge is 2.35. The van der Waals surface area contributed by atoms with Crippen LogP contribution in [0, 0.1) is 0 Å². The van der Waals surface area contributed by atoms with E-state index in [0.29, 0.717) is 22.0 Å². The van der Waals surface area contributed by atoms with Gasteiger partial charge in [-0.05, 0) is 100 Å². The SMILES string of the molecule is CCC(CCCN1CCC(NC(=O)c2cc(Cl)ccc2-c2ccc(Cl)cc2)CC1)(CC(=O)OC(C)(C)C)c1ccccc1. The smallest absolute Gasteiger partial charge is 0.307 e. The number of nitrogens with one attached hydrogen (secondary N) is 1. The lowest BCUT2D eigenvalue weighted by Gasteiger charge is -2.36. The maximum Gasteiger partial charge on any atom is 0.307 e. The zero-order chi connectivity index (χ0) is 31.0. The number of carbonyl (C=O) groups is 2. The number of piperidine rings is 1. The molecule has 0 aromatic heterocycles. The molecular weight excluding hydrogens is 579 g/mol. The van der Waals surface area contributed by atoms with Crippen molar-refractivity contribution in [2.45, 2.75) is 83.3 Å². The second-order valence-corrected chi connectivity index (χ2v) is 13.5. The van der Waals surface area contributed by atoms with Gasteiger partial charge in [0, 0.05) is 40.2 Å². The van der Waals surface area contributed by atoms with Crippen LogP contribution in [-0.4, -0.2) is 48.1 Å². The van der Waals surface area contributed by atoms with Crippen molar-refractivity contribution in [3.63, 3.8) is 0 Å². The Kier molecular flexibility index (Phi) is 11.3. The van der Waals surface area contributed by atoms with Gasteiger partial charge in [0.1, 0.15) is 5.60 Å². The van der Waals surface area contributed by atoms with Gasteiger partial charge in [0.15, 0.2) is 0 Å². The third-order valence-corrected chi connectivity index (χ3v) is 8.89. The van der Waals surface area contributed by atoms with Crippen molar-refractivity contribution in [1.82, 2.24) is 10.2 Å². The molecule has 1 N–H and O–H groups in total. The Bertz CT molecular complexity index is 1360. The van der Waals surface area contributed by atoms with Gasteiger partial charge >= 0.3 is 5.97 Å². The summed E-state index contributed by atoms with van der Waals surface area (Å²) in [4.78, 5) is 28.8. The molecule has 1 unspecified atom stereocenters. The summed E-state index contributed by atoms with van der Waals surface area (Å²) in [5, 5.41) is 4.44. The first-order valence-corrected chi connectivity index (χ1v) is 16.1. The largest absolute Gasteiger partial charge is 0.460 e. The standard InChI is InChI=1S/C36H44Cl2N2O3/c1-5-36(27-10-7-6-8-11-27,25-33(41)43-35(2,3)4)20-9-21-40-22-18-30(19-23-40)39-34(42)32-24-29(38)16-17-31(32)26-12-14-28(37)15-13-26/h6-8,10-17,24,30H,5,9,18-23,25H2,1-4H3,(H,39,42). The van der Waals surface area contributed by atoms with Crippen LogP contribution in [0.1, 0.15) is 82.1 Å². The van der Waals surface area contributed by atoms with Crippen molar-refractivity contribution >= 4 is 35.1 Å². The fraction of sp³-hybridized carbons (Fsp3) is 0.444. The molecular formula is C36H44Cl2N2O3. The van der Waals surface area contributed by atoms with Crippen LogP contribution in [0.5, 0.6) is 0 Å². The van der Waals surface area contributed by atoms with Crippen LogP contribution in [0.3, 0.4) is 0 Å². The Hall–Kier alpha value is -2.86. The lowest BCUT2D eigenvalue weighted by molar-refractivity contribution is -0.156. The van der Waals surface area contributed by atoms with Crippen LogP contribution in [-0.2, 0) is 14.9 Å². The number of amides is 1. The van der Waals surface area contributed by atoms with Gasteiger partial charge in [-0.15, -0.1) is 0 Å². The van der Waals surface area contributed by atoms with E-state index in [1.54, 1.807) is 12.1 Å². The number of hydrogen-bond acceptors (Lipinski definition) is 4. The number of nitrogens with zero attached hydrogens (tertiary/aromatic N) is 1. The molecule has 4 rings (SSSR count). The van der Waals surface area contributed by atoms with Gasteiger partial charge in [0.05, 0.1) is 6.42 Å². The fourth-order valence-electron chi connectivity index (χ4n) is 6.08. The summed E-state index contributed by atoms with van der Waals surface area (Å²) in [5.41, 5.74) is 2.76. The maximum absolute atomic E-state index is 13.4. The Morgan fingerprint density at radius 3 is 2.21 bits per heavy atom. The number of rotatable bonds is 11. The number of ether oxygens (including phenoxy) is 1. The van der Waals surface area contributed by atoms with E-state index in [2.05, 4.69) is 41.4 Å². The molecule has 0 bridgehead atoms. The first-order chi connectivity index (χ1) is 20.5. The third kappa shape index (κ3) is 9.31. The molecule has 0 saturated carbocycles. The highest BCUT2D eigenvalue weighted by atomic mass is 35.5. The van der Waals surface area contributed by atoms with E-state index in [-0.39, 0.29) is 23.3 Å². The number of benzene rings is 3. The Balaban J connectivity index is 1.33. The van der Waals surface area contributed by atoms with Crippen LogP contribution < -0.4 is 5.32 Å². The summed E-state index contributed by atoms with van der Waals surface area (Å²) in [6.45, 7) is 10.7. The van der Waals surface area contributed by atoms with Crippen LogP contribution in [0.2, 0.25) is 10.0 Å². The van der Waals surface area contributed by atoms with Gasteiger partial charge < -0.3 is 15.0 Å². The summed E-state index contributed by atoms with van der Waals surface area (Å²) < 4.78 is 5.74. The molecule has 1 heterocycles. The molecule has 0 spiro atoms. The molecule has 3 aromatic rings. The van der Waals surface area contributed by atoms with Crippen LogP contribution in [0.15, 0.2) is 72.8 Å². The summed E-state index contributed by atoms with van der Waals surface area (Å²) in [6, 6.07) is 23.4. The van der Waals surface area contributed by atoms with Crippen LogP contribution in [0.4, 0.5) is 0 Å². The number of esters is 1. The van der Waals surface area contributed by atoms with E-state index in [9.17, 15) is 9.59 Å². The van der Waals surface area contributed by atoms with Crippen molar-refractivity contribution in [1.29, 1.82) is 0 Å². The molecule has 3 aromatic carbocycles. The maximum atomic E-state index is 13.4. The average Bonchev–Trinajstić information content (AvgIpc) is 2.97. The van der Waals surface area contributed by atoms with Crippen LogP contribution in [0.25, 0.3) is 11.1 Å². The van der Waals surface area contributed by atoms with E-state index in [4.69, 9.17) is 27.9 Å². The molecule has 43 heavy (non-hydrogen) atoms. The second kappa shape index (κ2) is 14.7. The Morgan fingerprint density at radius 2 is 1.58 bits per heavy atom. The van der Waals surface area contributed by atoms with Crippen molar-refractivity contribution in [3.05, 3.63) is 94.0 Å². The zero-order valence-electron chi connectivity index (χ0n) is 25.8. The van der Waals surface area contributed by atoms with Gasteiger partial charge in [-0.1, -0.05) is 78.7 Å². The summed E-state index contributed by atoms with van der Waals surface area (Å²) in [6.07, 6.45) is 4.91. The quantitative estimate of drug-likeness (QED) is 0.217. The Morgan fingerprint density at radius 1 is 0.930 bits per heavy atom. The monoisotopic (exact) mass is 622 g/mol. The minimum absolute atomic E-state index is 0.104. The highest BCUT2D eigenvalue weighted by Crippen LogP contribution is 2.37. The van der Waals surface area contributed by atoms with E-state index >= 15 is 0 Å². The van der Waals surface area contributed by atoms with E-state index in [1.807, 2.05) is 57.2 Å². The van der Waals surface area contributed by atoms with Gasteiger partial charge in [-0.3, -0.25) is 9.59 Å². The molecule has 1 amide bonds. The van der Waals surface area contributed by atoms with Gasteiger partial charge in [0.2, 0.25) is 0 Å². The Labute approximate surface area is 266 Å². The van der Waals surface area contributed by atoms with Crippen molar-refractivity contribution in [2.24, 2.45) is 0 Å². The zero-order valence-corrected chi connectivity index (χ0v) is 27.3. The highest BCUT2D eigenvalue weighted by molar-refractivity contribution is 6.31. The predicted octanol–water partition coefficient (Wildman–Crippen LogP) is 8.71. The number of halogens is 2. The van der Waals surface area contributed by atoms with Crippen molar-refractivity contribution < 1.29 is 14.3 Å². The van der Waals surface area contributed by atoms with E-state index in [0.717, 1.165) is 62.9 Å². The van der Waals surface area contributed by atoms with Gasteiger partial charge in [-0.25, -0.2) is 0 Å². The van der Waals surface area contributed by atoms with Crippen molar-refractivity contribution in [2.75, 3.05) is 19.6 Å². The summed E-state index contributed by atoms with van der Waals surface area (Å²) in [7, 11) is 0. The normalized spacial score (nSPS) is 16.0. The fourth-order valence-corrected chi connectivity index (χ4v) is 6.37. The topological polar surface area (TPSA) is 58.6 Å². The second-order valence-electron chi connectivity index (χ2n) is 12.7. The lowest BCUT2D eigenvalue weighted by Crippen LogP contribution is -2.45. The molecule has 7 heteroatoms. The van der Waals surface area contributed by atoms with Crippen LogP contribution >= 0.6 is 23.2 Å². The molecule has 1 saturated heterocycles. The van der Waals surface area contributed by atoms with Crippen molar-refractivity contribution in [3.8, 4) is 11.1 Å². The number of carbonyl (C=O) groups excluding carboxylic acids is 2. The average molecular weight is 624 g/mol. The molecule has 0 radical (unpaired) electrons. The molecule has 1 aliphatic rings. The minimum atomic E-state index is -0.503. The first-order valence-electron chi connectivity index (χ1n) is 15.3. The molecule has 230 valence electrons. The lowest BCUT2D eigenvalue weighted by atomic mass is 9.72.